The van der Waals surface area contributed by atoms with Crippen LogP contribution in [0, 0.1) is 18.3 Å². The van der Waals surface area contributed by atoms with Crippen LogP contribution in [0.2, 0.25) is 0 Å². The summed E-state index contributed by atoms with van der Waals surface area (Å²) >= 11 is 1.51. The summed E-state index contributed by atoms with van der Waals surface area (Å²) in [5, 5.41) is 15.0. The Labute approximate surface area is 143 Å². The lowest BCUT2D eigenvalue weighted by molar-refractivity contribution is -0.123. The average Bonchev–Trinajstić information content (AvgIpc) is 3.06. The van der Waals surface area contributed by atoms with Gasteiger partial charge in [0.05, 0.1) is 12.8 Å². The van der Waals surface area contributed by atoms with Crippen molar-refractivity contribution in [2.75, 3.05) is 13.7 Å². The maximum absolute atomic E-state index is 11.8. The average molecular weight is 344 g/mol. The molecule has 0 saturated heterocycles. The molecule has 8 heteroatoms. The SMILES string of the molecule is COCc1cc(C)nc(OCC(=O)N/N=C/c2cccs2)c1C#N. The molecule has 124 valence electrons. The van der Waals surface area contributed by atoms with Crippen molar-refractivity contribution in [2.45, 2.75) is 13.5 Å². The predicted molar refractivity (Wildman–Crippen MR) is 90.0 cm³/mol. The van der Waals surface area contributed by atoms with Gasteiger partial charge < -0.3 is 9.47 Å². The number of hydrogen-bond donors (Lipinski definition) is 1. The summed E-state index contributed by atoms with van der Waals surface area (Å²) in [6.45, 7) is 1.75. The first-order chi connectivity index (χ1) is 11.6. The minimum Gasteiger partial charge on any atom is -0.467 e. The molecule has 0 atom stereocenters. The van der Waals surface area contributed by atoms with Crippen molar-refractivity contribution in [2.24, 2.45) is 5.10 Å². The van der Waals surface area contributed by atoms with E-state index >= 15 is 0 Å². The molecule has 2 heterocycles. The molecule has 7 nitrogen and oxygen atoms in total. The summed E-state index contributed by atoms with van der Waals surface area (Å²) in [5.74, 6) is -0.328. The van der Waals surface area contributed by atoms with Gasteiger partial charge >= 0.3 is 0 Å². The fourth-order valence-corrected chi connectivity index (χ4v) is 2.49. The van der Waals surface area contributed by atoms with Gasteiger partial charge in [0.2, 0.25) is 5.88 Å². The standard InChI is InChI=1S/C16H16N4O3S/c1-11-6-12(9-22-2)14(7-17)16(19-11)23-10-15(21)20-18-8-13-4-3-5-24-13/h3-6,8H,9-10H2,1-2H3,(H,20,21)/b18-8+. The van der Waals surface area contributed by atoms with Gasteiger partial charge in [-0.05, 0) is 24.4 Å². The lowest BCUT2D eigenvalue weighted by Gasteiger charge is -2.10. The van der Waals surface area contributed by atoms with Crippen LogP contribution in [-0.4, -0.2) is 30.8 Å². The molecular weight excluding hydrogens is 328 g/mol. The van der Waals surface area contributed by atoms with Crippen LogP contribution >= 0.6 is 11.3 Å². The Morgan fingerprint density at radius 2 is 2.42 bits per heavy atom. The van der Waals surface area contributed by atoms with Gasteiger partial charge in [0, 0.05) is 23.2 Å². The molecule has 1 N–H and O–H groups in total. The van der Waals surface area contributed by atoms with Crippen molar-refractivity contribution < 1.29 is 14.3 Å². The number of hydrogen-bond acceptors (Lipinski definition) is 7. The fourth-order valence-electron chi connectivity index (χ4n) is 1.90. The predicted octanol–water partition coefficient (Wildman–Crippen LogP) is 2.00. The number of pyridine rings is 1. The summed E-state index contributed by atoms with van der Waals surface area (Å²) in [4.78, 5) is 16.8. The number of rotatable bonds is 7. The maximum atomic E-state index is 11.8. The van der Waals surface area contributed by atoms with E-state index in [0.717, 1.165) is 4.88 Å². The Balaban J connectivity index is 1.98. The molecule has 0 aliphatic heterocycles. The largest absolute Gasteiger partial charge is 0.467 e. The highest BCUT2D eigenvalue weighted by atomic mass is 32.1. The normalized spacial score (nSPS) is 10.5. The van der Waals surface area contributed by atoms with Crippen molar-refractivity contribution in [1.29, 1.82) is 5.26 Å². The Morgan fingerprint density at radius 3 is 3.08 bits per heavy atom. The topological polar surface area (TPSA) is 96.6 Å². The highest BCUT2D eigenvalue weighted by Gasteiger charge is 2.14. The number of thiophene rings is 1. The molecule has 2 aromatic heterocycles. The molecule has 0 unspecified atom stereocenters. The summed E-state index contributed by atoms with van der Waals surface area (Å²) in [6, 6.07) is 7.55. The van der Waals surface area contributed by atoms with Crippen molar-refractivity contribution >= 4 is 23.5 Å². The van der Waals surface area contributed by atoms with Gasteiger partial charge in [-0.3, -0.25) is 4.79 Å². The number of hydrazone groups is 1. The van der Waals surface area contributed by atoms with Gasteiger partial charge in [0.15, 0.2) is 6.61 Å². The first-order valence-corrected chi connectivity index (χ1v) is 7.89. The summed E-state index contributed by atoms with van der Waals surface area (Å²) in [7, 11) is 1.54. The van der Waals surface area contributed by atoms with Crippen molar-refractivity contribution in [3.63, 3.8) is 0 Å². The molecule has 0 spiro atoms. The maximum Gasteiger partial charge on any atom is 0.278 e. The second kappa shape index (κ2) is 8.76. The first kappa shape index (κ1) is 17.6. The lowest BCUT2D eigenvalue weighted by atomic mass is 10.1. The molecule has 0 fully saturated rings. The quantitative estimate of drug-likeness (QED) is 0.612. The van der Waals surface area contributed by atoms with E-state index in [9.17, 15) is 10.1 Å². The number of ether oxygens (including phenoxy) is 2. The molecule has 0 aliphatic rings. The van der Waals surface area contributed by atoms with E-state index in [4.69, 9.17) is 9.47 Å². The van der Waals surface area contributed by atoms with E-state index in [2.05, 4.69) is 15.5 Å². The Bertz CT molecular complexity index is 766. The zero-order valence-electron chi connectivity index (χ0n) is 13.3. The minimum atomic E-state index is -0.441. The van der Waals surface area contributed by atoms with E-state index in [-0.39, 0.29) is 24.7 Å². The lowest BCUT2D eigenvalue weighted by Crippen LogP contribution is -2.25. The van der Waals surface area contributed by atoms with Gasteiger partial charge in [-0.2, -0.15) is 10.4 Å². The van der Waals surface area contributed by atoms with Crippen LogP contribution in [0.15, 0.2) is 28.7 Å². The van der Waals surface area contributed by atoms with Gasteiger partial charge in [0.25, 0.3) is 5.91 Å². The van der Waals surface area contributed by atoms with Crippen LogP contribution in [0.5, 0.6) is 5.88 Å². The van der Waals surface area contributed by atoms with Crippen LogP contribution in [0.4, 0.5) is 0 Å². The first-order valence-electron chi connectivity index (χ1n) is 7.01. The van der Waals surface area contributed by atoms with E-state index < -0.39 is 5.91 Å². The number of aryl methyl sites for hydroxylation is 1. The van der Waals surface area contributed by atoms with Gasteiger partial charge in [0.1, 0.15) is 11.6 Å². The van der Waals surface area contributed by atoms with Gasteiger partial charge in [-0.25, -0.2) is 10.4 Å². The third-order valence-corrected chi connectivity index (χ3v) is 3.68. The van der Waals surface area contributed by atoms with Crippen molar-refractivity contribution in [1.82, 2.24) is 10.4 Å². The van der Waals surface area contributed by atoms with Crippen LogP contribution in [0.25, 0.3) is 0 Å². The number of methoxy groups -OCH3 is 1. The Kier molecular flexibility index (Phi) is 6.42. The molecule has 0 aromatic carbocycles. The number of amides is 1. The molecule has 1 amide bonds. The summed E-state index contributed by atoms with van der Waals surface area (Å²) in [5.41, 5.74) is 3.96. The summed E-state index contributed by atoms with van der Waals surface area (Å²) < 4.78 is 10.4. The highest BCUT2D eigenvalue weighted by Crippen LogP contribution is 2.21. The zero-order chi connectivity index (χ0) is 17.4. The second-order valence-corrected chi connectivity index (χ2v) is 5.72. The van der Waals surface area contributed by atoms with Crippen molar-refractivity contribution in [3.8, 4) is 11.9 Å². The van der Waals surface area contributed by atoms with E-state index in [1.807, 2.05) is 23.6 Å². The monoisotopic (exact) mass is 344 g/mol. The molecule has 0 saturated carbocycles. The second-order valence-electron chi connectivity index (χ2n) is 4.75. The molecular formula is C16H16N4O3S. The molecule has 0 radical (unpaired) electrons. The molecule has 0 aliphatic carbocycles. The zero-order valence-corrected chi connectivity index (χ0v) is 14.1. The van der Waals surface area contributed by atoms with E-state index in [1.165, 1.54) is 18.4 Å². The molecule has 2 rings (SSSR count). The Morgan fingerprint density at radius 1 is 1.58 bits per heavy atom. The minimum absolute atomic E-state index is 0.113. The Hall–Kier alpha value is -2.76. The third kappa shape index (κ3) is 4.87. The molecule has 0 bridgehead atoms. The molecule has 24 heavy (non-hydrogen) atoms. The number of aromatic nitrogens is 1. The van der Waals surface area contributed by atoms with Gasteiger partial charge in [-0.1, -0.05) is 6.07 Å². The summed E-state index contributed by atoms with van der Waals surface area (Å²) in [6.07, 6.45) is 1.55. The van der Waals surface area contributed by atoms with E-state index in [0.29, 0.717) is 11.3 Å². The number of nitrogens with one attached hydrogen (secondary N) is 1. The van der Waals surface area contributed by atoms with Crippen LogP contribution < -0.4 is 10.2 Å². The third-order valence-electron chi connectivity index (χ3n) is 2.87. The number of carbonyl (C=O) groups excluding carboxylic acids is 1. The highest BCUT2D eigenvalue weighted by molar-refractivity contribution is 7.11. The van der Waals surface area contributed by atoms with Crippen LogP contribution in [0.1, 0.15) is 21.7 Å². The fraction of sp³-hybridized carbons (Fsp3) is 0.250. The number of carbonyl (C=O) groups is 1. The van der Waals surface area contributed by atoms with E-state index in [1.54, 1.807) is 19.2 Å². The molecule has 2 aromatic rings. The smallest absolute Gasteiger partial charge is 0.278 e. The number of nitriles is 1. The van der Waals surface area contributed by atoms with Gasteiger partial charge in [-0.15, -0.1) is 11.3 Å². The van der Waals surface area contributed by atoms with Crippen LogP contribution in [-0.2, 0) is 16.1 Å². The number of nitrogens with zero attached hydrogens (tertiary/aromatic N) is 3. The van der Waals surface area contributed by atoms with Crippen molar-refractivity contribution in [3.05, 3.63) is 45.3 Å². The van der Waals surface area contributed by atoms with Crippen LogP contribution in [0.3, 0.4) is 0 Å².